The summed E-state index contributed by atoms with van der Waals surface area (Å²) >= 11 is 0. The molecule has 1 amide bonds. The number of aromatic hydroxyl groups is 1. The maximum Gasteiger partial charge on any atom is 0.220 e. The molecule has 1 aliphatic carbocycles. The third-order valence-electron chi connectivity index (χ3n) is 2.82. The van der Waals surface area contributed by atoms with Crippen molar-refractivity contribution in [2.45, 2.75) is 38.3 Å². The molecule has 0 bridgehead atoms. The quantitative estimate of drug-likeness (QED) is 0.629. The minimum absolute atomic E-state index is 0.155. The largest absolute Gasteiger partial charge is 0.506 e. The molecule has 0 radical (unpaired) electrons. The summed E-state index contributed by atoms with van der Waals surface area (Å²) in [7, 11) is 0. The van der Waals surface area contributed by atoms with Crippen LogP contribution < -0.4 is 10.6 Å². The Hall–Kier alpha value is -1.62. The van der Waals surface area contributed by atoms with E-state index in [1.165, 1.54) is 6.20 Å². The number of pyridine rings is 1. The van der Waals surface area contributed by atoms with Crippen LogP contribution in [0.4, 0.5) is 0 Å². The highest BCUT2D eigenvalue weighted by atomic mass is 16.3. The van der Waals surface area contributed by atoms with Crippen LogP contribution in [0.5, 0.6) is 5.75 Å². The van der Waals surface area contributed by atoms with Crippen molar-refractivity contribution >= 4 is 5.91 Å². The molecule has 0 unspecified atom stereocenters. The van der Waals surface area contributed by atoms with Crippen LogP contribution in [0.2, 0.25) is 0 Å². The standard InChI is InChI=1S/C13H19N3O2/c17-12-6-5-11(15-9-12)8-14-7-1-2-13(18)16-10-3-4-10/h5-6,9-10,14,17H,1-4,7-8H2,(H,16,18). The fourth-order valence-corrected chi connectivity index (χ4v) is 1.64. The molecule has 98 valence electrons. The number of rotatable bonds is 7. The lowest BCUT2D eigenvalue weighted by atomic mass is 10.3. The van der Waals surface area contributed by atoms with E-state index in [2.05, 4.69) is 15.6 Å². The van der Waals surface area contributed by atoms with Gasteiger partial charge in [-0.05, 0) is 37.9 Å². The van der Waals surface area contributed by atoms with Gasteiger partial charge in [-0.2, -0.15) is 0 Å². The van der Waals surface area contributed by atoms with E-state index in [0.29, 0.717) is 19.0 Å². The van der Waals surface area contributed by atoms with E-state index in [0.717, 1.165) is 31.5 Å². The molecule has 1 saturated carbocycles. The van der Waals surface area contributed by atoms with Crippen LogP contribution in [0.25, 0.3) is 0 Å². The zero-order valence-corrected chi connectivity index (χ0v) is 10.4. The van der Waals surface area contributed by atoms with Gasteiger partial charge in [0.1, 0.15) is 5.75 Å². The lowest BCUT2D eigenvalue weighted by Gasteiger charge is -2.05. The van der Waals surface area contributed by atoms with Crippen LogP contribution >= 0.6 is 0 Å². The van der Waals surface area contributed by atoms with Gasteiger partial charge in [0.2, 0.25) is 5.91 Å². The number of carbonyl (C=O) groups excluding carboxylic acids is 1. The zero-order chi connectivity index (χ0) is 12.8. The minimum atomic E-state index is 0.155. The van der Waals surface area contributed by atoms with Crippen LogP contribution in [0.1, 0.15) is 31.4 Å². The number of nitrogens with zero attached hydrogens (tertiary/aromatic N) is 1. The van der Waals surface area contributed by atoms with Crippen LogP contribution in [-0.2, 0) is 11.3 Å². The Kier molecular flexibility index (Phi) is 4.52. The monoisotopic (exact) mass is 249 g/mol. The SMILES string of the molecule is O=C(CCCNCc1ccc(O)cn1)NC1CC1. The summed E-state index contributed by atoms with van der Waals surface area (Å²) in [6.45, 7) is 1.45. The van der Waals surface area contributed by atoms with Gasteiger partial charge in [0.25, 0.3) is 0 Å². The molecule has 0 saturated heterocycles. The third-order valence-corrected chi connectivity index (χ3v) is 2.82. The van der Waals surface area contributed by atoms with E-state index in [1.807, 2.05) is 0 Å². The van der Waals surface area contributed by atoms with Crippen LogP contribution in [0.3, 0.4) is 0 Å². The molecule has 0 atom stereocenters. The van der Waals surface area contributed by atoms with Crippen LogP contribution in [-0.4, -0.2) is 28.6 Å². The van der Waals surface area contributed by atoms with Crippen molar-refractivity contribution in [1.82, 2.24) is 15.6 Å². The molecule has 1 aromatic rings. The fourth-order valence-electron chi connectivity index (χ4n) is 1.64. The Labute approximate surface area is 107 Å². The van der Waals surface area contributed by atoms with Crippen LogP contribution in [0.15, 0.2) is 18.3 Å². The summed E-state index contributed by atoms with van der Waals surface area (Å²) in [6.07, 6.45) is 5.11. The second kappa shape index (κ2) is 6.35. The van der Waals surface area contributed by atoms with Gasteiger partial charge < -0.3 is 15.7 Å². The average molecular weight is 249 g/mol. The zero-order valence-electron chi connectivity index (χ0n) is 10.4. The van der Waals surface area contributed by atoms with Crippen molar-refractivity contribution in [3.05, 3.63) is 24.0 Å². The van der Waals surface area contributed by atoms with Crippen molar-refractivity contribution in [3.63, 3.8) is 0 Å². The summed E-state index contributed by atoms with van der Waals surface area (Å²) in [4.78, 5) is 15.5. The Morgan fingerprint density at radius 2 is 2.28 bits per heavy atom. The third kappa shape index (κ3) is 4.71. The Bertz CT molecular complexity index is 388. The second-order valence-electron chi connectivity index (χ2n) is 4.63. The number of nitrogens with one attached hydrogen (secondary N) is 2. The summed E-state index contributed by atoms with van der Waals surface area (Å²) in [6, 6.07) is 3.85. The Morgan fingerprint density at radius 3 is 2.94 bits per heavy atom. The van der Waals surface area contributed by atoms with Gasteiger partial charge in [-0.1, -0.05) is 0 Å². The molecule has 5 nitrogen and oxygen atoms in total. The van der Waals surface area contributed by atoms with E-state index >= 15 is 0 Å². The molecule has 3 N–H and O–H groups in total. The topological polar surface area (TPSA) is 74.2 Å². The first-order valence-corrected chi connectivity index (χ1v) is 6.38. The molecule has 0 aliphatic heterocycles. The summed E-state index contributed by atoms with van der Waals surface area (Å²) in [5.74, 6) is 0.331. The van der Waals surface area contributed by atoms with E-state index in [4.69, 9.17) is 5.11 Å². The highest BCUT2D eigenvalue weighted by molar-refractivity contribution is 5.76. The van der Waals surface area contributed by atoms with Gasteiger partial charge in [0, 0.05) is 19.0 Å². The lowest BCUT2D eigenvalue weighted by molar-refractivity contribution is -0.121. The second-order valence-corrected chi connectivity index (χ2v) is 4.63. The van der Waals surface area contributed by atoms with Gasteiger partial charge in [-0.15, -0.1) is 0 Å². The number of aromatic nitrogens is 1. The number of hydrogen-bond donors (Lipinski definition) is 3. The van der Waals surface area contributed by atoms with Gasteiger partial charge in [-0.25, -0.2) is 0 Å². The van der Waals surface area contributed by atoms with Crippen LogP contribution in [0, 0.1) is 0 Å². The highest BCUT2D eigenvalue weighted by Crippen LogP contribution is 2.18. The average Bonchev–Trinajstić information content (AvgIpc) is 3.15. The normalized spacial score (nSPS) is 14.4. The predicted octanol–water partition coefficient (Wildman–Crippen LogP) is 0.936. The smallest absolute Gasteiger partial charge is 0.220 e. The van der Waals surface area contributed by atoms with Gasteiger partial charge in [0.05, 0.1) is 11.9 Å². The van der Waals surface area contributed by atoms with Gasteiger partial charge >= 0.3 is 0 Å². The molecular formula is C13H19N3O2. The lowest BCUT2D eigenvalue weighted by Crippen LogP contribution is -2.26. The van der Waals surface area contributed by atoms with Crippen molar-refractivity contribution in [1.29, 1.82) is 0 Å². The molecule has 0 aromatic carbocycles. The van der Waals surface area contributed by atoms with E-state index in [-0.39, 0.29) is 11.7 Å². The number of hydrogen-bond acceptors (Lipinski definition) is 4. The first kappa shape index (κ1) is 12.8. The minimum Gasteiger partial charge on any atom is -0.506 e. The predicted molar refractivity (Wildman–Crippen MR) is 68.0 cm³/mol. The van der Waals surface area contributed by atoms with Crippen molar-refractivity contribution < 1.29 is 9.90 Å². The van der Waals surface area contributed by atoms with Crippen molar-refractivity contribution in [2.75, 3.05) is 6.54 Å². The van der Waals surface area contributed by atoms with Gasteiger partial charge in [0.15, 0.2) is 0 Å². The molecule has 1 aliphatic rings. The molecule has 2 rings (SSSR count). The molecule has 1 heterocycles. The number of carbonyl (C=O) groups is 1. The molecule has 1 aromatic heterocycles. The van der Waals surface area contributed by atoms with E-state index < -0.39 is 0 Å². The highest BCUT2D eigenvalue weighted by Gasteiger charge is 2.22. The molecule has 1 fully saturated rings. The van der Waals surface area contributed by atoms with E-state index in [9.17, 15) is 4.79 Å². The van der Waals surface area contributed by atoms with Gasteiger partial charge in [-0.3, -0.25) is 9.78 Å². The summed E-state index contributed by atoms with van der Waals surface area (Å²) in [5.41, 5.74) is 0.884. The molecule has 5 heteroatoms. The van der Waals surface area contributed by atoms with Crippen molar-refractivity contribution in [3.8, 4) is 5.75 Å². The first-order valence-electron chi connectivity index (χ1n) is 6.38. The van der Waals surface area contributed by atoms with Crippen molar-refractivity contribution in [2.24, 2.45) is 0 Å². The summed E-state index contributed by atoms with van der Waals surface area (Å²) < 4.78 is 0. The number of amides is 1. The Morgan fingerprint density at radius 1 is 1.44 bits per heavy atom. The summed E-state index contributed by atoms with van der Waals surface area (Å²) in [5, 5.41) is 15.3. The Balaban J connectivity index is 1.52. The van der Waals surface area contributed by atoms with E-state index in [1.54, 1.807) is 12.1 Å². The molecule has 0 spiro atoms. The molecule has 18 heavy (non-hydrogen) atoms. The maximum atomic E-state index is 11.4. The fraction of sp³-hybridized carbons (Fsp3) is 0.538. The first-order chi connectivity index (χ1) is 8.74. The maximum absolute atomic E-state index is 11.4. The molecular weight excluding hydrogens is 230 g/mol.